The van der Waals surface area contributed by atoms with Crippen molar-refractivity contribution in [1.82, 2.24) is 4.90 Å². The Balaban J connectivity index is 1.46. The van der Waals surface area contributed by atoms with Crippen molar-refractivity contribution in [3.8, 4) is 0 Å². The second kappa shape index (κ2) is 8.11. The number of nitrogens with zero attached hydrogens (tertiary/aromatic N) is 1. The number of halogens is 5. The third-order valence-electron chi connectivity index (χ3n) is 6.08. The molecular weight excluding hydrogens is 417 g/mol. The number of nitrogens with two attached hydrogens (primary N) is 1. The molecule has 2 aliphatic rings. The van der Waals surface area contributed by atoms with Gasteiger partial charge in [-0.1, -0.05) is 6.07 Å². The van der Waals surface area contributed by atoms with Gasteiger partial charge in [0.05, 0.1) is 5.56 Å². The zero-order chi connectivity index (χ0) is 22.3. The van der Waals surface area contributed by atoms with Gasteiger partial charge < -0.3 is 16.0 Å². The summed E-state index contributed by atoms with van der Waals surface area (Å²) in [5.41, 5.74) is 7.84. The summed E-state index contributed by atoms with van der Waals surface area (Å²) >= 11 is 0. The van der Waals surface area contributed by atoms with Crippen LogP contribution < -0.4 is 11.1 Å². The molecule has 0 saturated carbocycles. The van der Waals surface area contributed by atoms with Crippen LogP contribution >= 0.6 is 0 Å². The first-order valence-corrected chi connectivity index (χ1v) is 10.1. The number of aryl methyl sites for hydroxylation is 1. The molecule has 2 aromatic carbocycles. The lowest BCUT2D eigenvalue weighted by Gasteiger charge is -2.25. The molecule has 1 amide bonds. The first kappa shape index (κ1) is 21.5. The average molecular weight is 439 g/mol. The van der Waals surface area contributed by atoms with Crippen molar-refractivity contribution < 1.29 is 26.7 Å². The SMILES string of the molecule is N[C@@H](CC(=O)N1CCNc2cc(C(F)(F)F)ccc2C1)[C@H]1CCc2cc(F)c(F)cc21. The van der Waals surface area contributed by atoms with Gasteiger partial charge in [-0.2, -0.15) is 13.2 Å². The van der Waals surface area contributed by atoms with Gasteiger partial charge in [0, 0.05) is 43.7 Å². The van der Waals surface area contributed by atoms with E-state index in [2.05, 4.69) is 5.32 Å². The Kier molecular flexibility index (Phi) is 5.63. The molecule has 31 heavy (non-hydrogen) atoms. The van der Waals surface area contributed by atoms with Gasteiger partial charge in [0.25, 0.3) is 0 Å². The molecule has 1 aliphatic carbocycles. The second-order valence-electron chi connectivity index (χ2n) is 8.09. The third kappa shape index (κ3) is 4.37. The number of carbonyl (C=O) groups excluding carboxylic acids is 1. The summed E-state index contributed by atoms with van der Waals surface area (Å²) in [7, 11) is 0. The van der Waals surface area contributed by atoms with E-state index in [0.717, 1.165) is 18.2 Å². The van der Waals surface area contributed by atoms with Gasteiger partial charge in [-0.25, -0.2) is 8.78 Å². The highest BCUT2D eigenvalue weighted by Crippen LogP contribution is 2.37. The van der Waals surface area contributed by atoms with E-state index in [1.807, 2.05) is 0 Å². The highest BCUT2D eigenvalue weighted by molar-refractivity contribution is 5.77. The van der Waals surface area contributed by atoms with Crippen LogP contribution in [-0.2, 0) is 23.9 Å². The van der Waals surface area contributed by atoms with Crippen LogP contribution in [-0.4, -0.2) is 29.9 Å². The minimum Gasteiger partial charge on any atom is -0.383 e. The molecule has 0 radical (unpaired) electrons. The molecule has 0 aromatic heterocycles. The van der Waals surface area contributed by atoms with Crippen LogP contribution in [0.2, 0.25) is 0 Å². The minimum absolute atomic E-state index is 0.0130. The molecule has 2 aromatic rings. The van der Waals surface area contributed by atoms with E-state index < -0.39 is 29.4 Å². The van der Waals surface area contributed by atoms with Crippen molar-refractivity contribution in [2.45, 2.75) is 43.9 Å². The van der Waals surface area contributed by atoms with E-state index in [1.54, 1.807) is 4.90 Å². The summed E-state index contributed by atoms with van der Waals surface area (Å²) in [5, 5.41) is 2.95. The topological polar surface area (TPSA) is 58.4 Å². The Hall–Kier alpha value is -2.68. The van der Waals surface area contributed by atoms with Crippen LogP contribution in [0.25, 0.3) is 0 Å². The fraction of sp³-hybridized carbons (Fsp3) is 0.409. The van der Waals surface area contributed by atoms with Gasteiger partial charge in [0.1, 0.15) is 0 Å². The van der Waals surface area contributed by atoms with Crippen LogP contribution in [0.1, 0.15) is 41.0 Å². The van der Waals surface area contributed by atoms with Crippen molar-refractivity contribution in [3.63, 3.8) is 0 Å². The number of rotatable bonds is 3. The molecule has 0 spiro atoms. The Morgan fingerprint density at radius 2 is 1.90 bits per heavy atom. The monoisotopic (exact) mass is 439 g/mol. The molecule has 2 atom stereocenters. The Morgan fingerprint density at radius 3 is 2.65 bits per heavy atom. The normalized spacial score (nSPS) is 19.3. The highest BCUT2D eigenvalue weighted by Gasteiger charge is 2.33. The predicted octanol–water partition coefficient (Wildman–Crippen LogP) is 4.19. The van der Waals surface area contributed by atoms with E-state index in [4.69, 9.17) is 5.73 Å². The molecule has 166 valence electrons. The number of anilines is 1. The predicted molar refractivity (Wildman–Crippen MR) is 105 cm³/mol. The van der Waals surface area contributed by atoms with Crippen molar-refractivity contribution in [3.05, 3.63) is 64.2 Å². The van der Waals surface area contributed by atoms with Crippen molar-refractivity contribution in [2.24, 2.45) is 5.73 Å². The Labute approximate surface area is 176 Å². The first-order valence-electron chi connectivity index (χ1n) is 10.1. The molecule has 4 rings (SSSR count). The number of carbonyl (C=O) groups is 1. The van der Waals surface area contributed by atoms with Crippen molar-refractivity contribution >= 4 is 11.6 Å². The zero-order valence-electron chi connectivity index (χ0n) is 16.6. The maximum Gasteiger partial charge on any atom is 0.416 e. The number of hydrogen-bond acceptors (Lipinski definition) is 3. The van der Waals surface area contributed by atoms with Gasteiger partial charge >= 0.3 is 6.18 Å². The zero-order valence-corrected chi connectivity index (χ0v) is 16.6. The van der Waals surface area contributed by atoms with Gasteiger partial charge in [0.15, 0.2) is 11.6 Å². The standard InChI is InChI=1S/C22H22F5N3O/c23-17-7-12-2-4-15(16(12)9-18(17)24)19(28)10-21(31)30-6-5-29-20-8-14(22(25,26)27)3-1-13(20)11-30/h1,3,7-9,15,19,29H,2,4-6,10-11,28H2/t15-,19-/m0/s1. The number of amides is 1. The van der Waals surface area contributed by atoms with E-state index in [0.29, 0.717) is 48.3 Å². The Bertz CT molecular complexity index is 1010. The molecule has 0 saturated heterocycles. The van der Waals surface area contributed by atoms with Crippen molar-refractivity contribution in [1.29, 1.82) is 0 Å². The maximum absolute atomic E-state index is 13.7. The first-order chi connectivity index (χ1) is 14.6. The molecular formula is C22H22F5N3O. The lowest BCUT2D eigenvalue weighted by atomic mass is 9.91. The van der Waals surface area contributed by atoms with Gasteiger partial charge in [-0.05, 0) is 53.8 Å². The summed E-state index contributed by atoms with van der Waals surface area (Å²) < 4.78 is 66.0. The highest BCUT2D eigenvalue weighted by atomic mass is 19.4. The summed E-state index contributed by atoms with van der Waals surface area (Å²) in [6.45, 7) is 0.807. The summed E-state index contributed by atoms with van der Waals surface area (Å²) in [4.78, 5) is 14.5. The van der Waals surface area contributed by atoms with Crippen LogP contribution in [0.4, 0.5) is 27.6 Å². The quantitative estimate of drug-likeness (QED) is 0.706. The van der Waals surface area contributed by atoms with Crippen LogP contribution in [0.3, 0.4) is 0 Å². The molecule has 0 unspecified atom stereocenters. The maximum atomic E-state index is 13.7. The van der Waals surface area contributed by atoms with Crippen molar-refractivity contribution in [2.75, 3.05) is 18.4 Å². The number of hydrogen-bond donors (Lipinski definition) is 2. The number of nitrogens with one attached hydrogen (secondary N) is 1. The van der Waals surface area contributed by atoms with E-state index >= 15 is 0 Å². The fourth-order valence-electron chi connectivity index (χ4n) is 4.43. The third-order valence-corrected chi connectivity index (χ3v) is 6.08. The summed E-state index contributed by atoms with van der Waals surface area (Å²) in [6.07, 6.45) is -3.25. The summed E-state index contributed by atoms with van der Waals surface area (Å²) in [6, 6.07) is 5.22. The molecule has 3 N–H and O–H groups in total. The van der Waals surface area contributed by atoms with E-state index in [1.165, 1.54) is 12.1 Å². The fourth-order valence-corrected chi connectivity index (χ4v) is 4.43. The lowest BCUT2D eigenvalue weighted by molar-refractivity contribution is -0.137. The van der Waals surface area contributed by atoms with E-state index in [9.17, 15) is 26.7 Å². The largest absolute Gasteiger partial charge is 0.416 e. The molecule has 0 bridgehead atoms. The molecule has 1 aliphatic heterocycles. The molecule has 4 nitrogen and oxygen atoms in total. The van der Waals surface area contributed by atoms with E-state index in [-0.39, 0.29) is 24.8 Å². The van der Waals surface area contributed by atoms with Crippen LogP contribution in [0.5, 0.6) is 0 Å². The minimum atomic E-state index is -4.44. The van der Waals surface area contributed by atoms with Gasteiger partial charge in [-0.15, -0.1) is 0 Å². The lowest BCUT2D eigenvalue weighted by Crippen LogP contribution is -2.38. The average Bonchev–Trinajstić information content (AvgIpc) is 2.97. The number of fused-ring (bicyclic) bond motifs is 2. The van der Waals surface area contributed by atoms with Gasteiger partial charge in [0.2, 0.25) is 5.91 Å². The molecule has 1 heterocycles. The molecule has 9 heteroatoms. The molecule has 0 fully saturated rings. The van der Waals surface area contributed by atoms with Gasteiger partial charge in [-0.3, -0.25) is 4.79 Å². The summed E-state index contributed by atoms with van der Waals surface area (Å²) in [5.74, 6) is -2.30. The van der Waals surface area contributed by atoms with Crippen LogP contribution in [0, 0.1) is 11.6 Å². The Morgan fingerprint density at radius 1 is 1.16 bits per heavy atom. The van der Waals surface area contributed by atoms with Crippen LogP contribution in [0.15, 0.2) is 30.3 Å². The smallest absolute Gasteiger partial charge is 0.383 e. The number of alkyl halides is 3. The number of benzene rings is 2. The second-order valence-corrected chi connectivity index (χ2v) is 8.09.